The predicted molar refractivity (Wildman–Crippen MR) is 69.4 cm³/mol. The third-order valence-electron chi connectivity index (χ3n) is 2.48. The highest BCUT2D eigenvalue weighted by atomic mass is 79.9. The molecule has 0 saturated carbocycles. The van der Waals surface area contributed by atoms with E-state index in [2.05, 4.69) is 15.9 Å². The van der Waals surface area contributed by atoms with Crippen LogP contribution >= 0.6 is 15.9 Å². The van der Waals surface area contributed by atoms with Gasteiger partial charge in [-0.1, -0.05) is 22.0 Å². The van der Waals surface area contributed by atoms with Crippen LogP contribution in [0.25, 0.3) is 0 Å². The first-order valence-electron chi connectivity index (χ1n) is 5.16. The number of carbonyl (C=O) groups excluding carboxylic acids is 1. The van der Waals surface area contributed by atoms with Crippen LogP contribution in [0, 0.1) is 0 Å². The number of aliphatic hydroxyl groups is 2. The fraction of sp³-hybridized carbons (Fsp3) is 0.364. The lowest BCUT2D eigenvalue weighted by atomic mass is 9.98. The number of amides is 1. The standard InChI is InChI=1S/C11H15BrN2O4/c1-18-6-2-3-7(10(16)9(15)5-12)8(4-6)11(17)14-13/h2-4,9-10,15-16H,5,13H2,1H3,(H,14,17). The largest absolute Gasteiger partial charge is 0.497 e. The molecule has 0 bridgehead atoms. The topological polar surface area (TPSA) is 105 Å². The average molecular weight is 319 g/mol. The second-order valence-electron chi connectivity index (χ2n) is 3.59. The van der Waals surface area contributed by atoms with Gasteiger partial charge in [-0.2, -0.15) is 0 Å². The summed E-state index contributed by atoms with van der Waals surface area (Å²) in [5.74, 6) is 4.97. The molecule has 0 saturated heterocycles. The average Bonchev–Trinajstić information content (AvgIpc) is 2.43. The molecule has 100 valence electrons. The Balaban J connectivity index is 3.21. The molecule has 2 unspecified atom stereocenters. The van der Waals surface area contributed by atoms with E-state index in [1.807, 2.05) is 5.43 Å². The minimum Gasteiger partial charge on any atom is -0.497 e. The van der Waals surface area contributed by atoms with Crippen LogP contribution in [0.4, 0.5) is 0 Å². The number of hydrazine groups is 1. The van der Waals surface area contributed by atoms with Gasteiger partial charge in [-0.3, -0.25) is 10.2 Å². The second kappa shape index (κ2) is 6.69. The normalized spacial score (nSPS) is 13.8. The zero-order valence-electron chi connectivity index (χ0n) is 9.76. The molecule has 1 aromatic rings. The van der Waals surface area contributed by atoms with Crippen LogP contribution in [0.2, 0.25) is 0 Å². The number of halogens is 1. The minimum absolute atomic E-state index is 0.157. The van der Waals surface area contributed by atoms with Gasteiger partial charge in [0.05, 0.1) is 18.8 Å². The quantitative estimate of drug-likeness (QED) is 0.266. The first-order valence-corrected chi connectivity index (χ1v) is 6.28. The number of hydrogen-bond acceptors (Lipinski definition) is 5. The summed E-state index contributed by atoms with van der Waals surface area (Å²) < 4.78 is 5.00. The lowest BCUT2D eigenvalue weighted by molar-refractivity contribution is 0.0335. The Morgan fingerprint density at radius 3 is 2.72 bits per heavy atom. The SMILES string of the molecule is COc1ccc(C(O)C(O)CBr)c(C(=O)NN)c1. The first-order chi connectivity index (χ1) is 8.54. The van der Waals surface area contributed by atoms with Gasteiger partial charge >= 0.3 is 0 Å². The molecule has 6 nitrogen and oxygen atoms in total. The number of rotatable bonds is 5. The maximum absolute atomic E-state index is 11.6. The maximum Gasteiger partial charge on any atom is 0.265 e. The van der Waals surface area contributed by atoms with Crippen molar-refractivity contribution in [2.45, 2.75) is 12.2 Å². The number of methoxy groups -OCH3 is 1. The van der Waals surface area contributed by atoms with Crippen LogP contribution < -0.4 is 16.0 Å². The van der Waals surface area contributed by atoms with Gasteiger partial charge in [0, 0.05) is 5.33 Å². The van der Waals surface area contributed by atoms with Gasteiger partial charge in [-0.15, -0.1) is 0 Å². The molecule has 1 rings (SSSR count). The summed E-state index contributed by atoms with van der Waals surface area (Å²) in [6.45, 7) is 0. The van der Waals surface area contributed by atoms with Gasteiger partial charge in [-0.05, 0) is 17.7 Å². The van der Waals surface area contributed by atoms with Crippen LogP contribution in [0.15, 0.2) is 18.2 Å². The number of alkyl halides is 1. The molecule has 0 aliphatic rings. The molecule has 0 aromatic heterocycles. The van der Waals surface area contributed by atoms with E-state index >= 15 is 0 Å². The molecule has 2 atom stereocenters. The van der Waals surface area contributed by atoms with Crippen LogP contribution in [-0.4, -0.2) is 34.7 Å². The minimum atomic E-state index is -1.19. The molecule has 0 spiro atoms. The summed E-state index contributed by atoms with van der Waals surface area (Å²) in [5, 5.41) is 19.7. The number of carbonyl (C=O) groups is 1. The van der Waals surface area contributed by atoms with Gasteiger partial charge in [0.15, 0.2) is 0 Å². The summed E-state index contributed by atoms with van der Waals surface area (Å²) in [4.78, 5) is 11.6. The van der Waals surface area contributed by atoms with Crippen molar-refractivity contribution in [1.82, 2.24) is 5.43 Å². The van der Waals surface area contributed by atoms with Gasteiger partial charge in [0.25, 0.3) is 5.91 Å². The molecular weight excluding hydrogens is 304 g/mol. The van der Waals surface area contributed by atoms with Crippen LogP contribution in [-0.2, 0) is 0 Å². The lowest BCUT2D eigenvalue weighted by Gasteiger charge is -2.19. The van der Waals surface area contributed by atoms with E-state index < -0.39 is 18.1 Å². The molecule has 5 N–H and O–H groups in total. The lowest BCUT2D eigenvalue weighted by Crippen LogP contribution is -2.32. The monoisotopic (exact) mass is 318 g/mol. The van der Waals surface area contributed by atoms with E-state index in [-0.39, 0.29) is 16.5 Å². The number of nitrogen functional groups attached to an aromatic ring is 1. The number of hydrogen-bond donors (Lipinski definition) is 4. The Hall–Kier alpha value is -1.15. The molecule has 7 heteroatoms. The molecule has 0 aliphatic carbocycles. The molecule has 1 amide bonds. The van der Waals surface area contributed by atoms with E-state index in [9.17, 15) is 15.0 Å². The van der Waals surface area contributed by atoms with Crippen molar-refractivity contribution in [2.24, 2.45) is 5.84 Å². The Morgan fingerprint density at radius 1 is 1.56 bits per heavy atom. The van der Waals surface area contributed by atoms with Crippen molar-refractivity contribution in [3.63, 3.8) is 0 Å². The number of aliphatic hydroxyl groups excluding tert-OH is 2. The van der Waals surface area contributed by atoms with Crippen molar-refractivity contribution in [1.29, 1.82) is 0 Å². The maximum atomic E-state index is 11.6. The molecular formula is C11H15BrN2O4. The Bertz CT molecular complexity index is 428. The third-order valence-corrected chi connectivity index (χ3v) is 3.14. The van der Waals surface area contributed by atoms with Crippen molar-refractivity contribution in [2.75, 3.05) is 12.4 Å². The summed E-state index contributed by atoms with van der Waals surface area (Å²) in [7, 11) is 1.46. The van der Waals surface area contributed by atoms with E-state index in [4.69, 9.17) is 10.6 Å². The van der Waals surface area contributed by atoms with E-state index in [0.29, 0.717) is 5.75 Å². The second-order valence-corrected chi connectivity index (χ2v) is 4.24. The van der Waals surface area contributed by atoms with Crippen LogP contribution in [0.5, 0.6) is 5.75 Å². The zero-order valence-corrected chi connectivity index (χ0v) is 11.3. The summed E-state index contributed by atoms with van der Waals surface area (Å²) in [6.07, 6.45) is -2.22. The molecule has 0 aliphatic heterocycles. The number of nitrogens with one attached hydrogen (secondary N) is 1. The molecule has 0 fully saturated rings. The molecule has 0 radical (unpaired) electrons. The van der Waals surface area contributed by atoms with Gasteiger partial charge in [-0.25, -0.2) is 5.84 Å². The third kappa shape index (κ3) is 3.20. The van der Waals surface area contributed by atoms with Crippen molar-refractivity contribution in [3.05, 3.63) is 29.3 Å². The van der Waals surface area contributed by atoms with Crippen molar-refractivity contribution >= 4 is 21.8 Å². The van der Waals surface area contributed by atoms with Crippen molar-refractivity contribution < 1.29 is 19.7 Å². The Kier molecular flexibility index (Phi) is 5.54. The molecule has 18 heavy (non-hydrogen) atoms. The fourth-order valence-electron chi connectivity index (χ4n) is 1.49. The predicted octanol–water partition coefficient (Wildman–Crippen LogP) is 0.0879. The van der Waals surface area contributed by atoms with Gasteiger partial charge in [0.1, 0.15) is 11.9 Å². The smallest absolute Gasteiger partial charge is 0.265 e. The molecule has 1 aromatic carbocycles. The fourth-order valence-corrected chi connectivity index (χ4v) is 1.84. The highest BCUT2D eigenvalue weighted by Crippen LogP contribution is 2.26. The summed E-state index contributed by atoms with van der Waals surface area (Å²) in [6, 6.07) is 4.55. The first kappa shape index (κ1) is 14.9. The highest BCUT2D eigenvalue weighted by Gasteiger charge is 2.23. The number of nitrogens with two attached hydrogens (primary N) is 1. The number of benzene rings is 1. The van der Waals surface area contributed by atoms with Gasteiger partial charge < -0.3 is 14.9 Å². The van der Waals surface area contributed by atoms with Crippen LogP contribution in [0.3, 0.4) is 0 Å². The number of ether oxygens (including phenoxy) is 1. The zero-order chi connectivity index (χ0) is 13.7. The summed E-state index contributed by atoms with van der Waals surface area (Å²) in [5.41, 5.74) is 2.43. The Labute approximate surface area is 113 Å². The van der Waals surface area contributed by atoms with Crippen LogP contribution in [0.1, 0.15) is 22.0 Å². The van der Waals surface area contributed by atoms with E-state index in [1.54, 1.807) is 6.07 Å². The van der Waals surface area contributed by atoms with Crippen molar-refractivity contribution in [3.8, 4) is 5.75 Å². The summed E-state index contributed by atoms with van der Waals surface area (Å²) >= 11 is 3.06. The molecule has 0 heterocycles. The Morgan fingerprint density at radius 2 is 2.22 bits per heavy atom. The highest BCUT2D eigenvalue weighted by molar-refractivity contribution is 9.09. The van der Waals surface area contributed by atoms with Gasteiger partial charge in [0.2, 0.25) is 0 Å². The van der Waals surface area contributed by atoms with E-state index in [1.165, 1.54) is 19.2 Å². The van der Waals surface area contributed by atoms with E-state index in [0.717, 1.165) is 0 Å².